The summed E-state index contributed by atoms with van der Waals surface area (Å²) in [4.78, 5) is 12.5. The van der Waals surface area contributed by atoms with Crippen molar-refractivity contribution in [2.75, 3.05) is 18.1 Å². The van der Waals surface area contributed by atoms with E-state index in [-0.39, 0.29) is 5.91 Å². The van der Waals surface area contributed by atoms with Crippen molar-refractivity contribution in [3.8, 4) is 0 Å². The zero-order valence-corrected chi connectivity index (χ0v) is 13.7. The van der Waals surface area contributed by atoms with Crippen molar-refractivity contribution in [2.24, 2.45) is 0 Å². The molecule has 5 nitrogen and oxygen atoms in total. The molecule has 3 rings (SSSR count). The second-order valence-electron chi connectivity index (χ2n) is 6.17. The summed E-state index contributed by atoms with van der Waals surface area (Å²) in [7, 11) is -3.33. The predicted octanol–water partition coefficient (Wildman–Crippen LogP) is 1.93. The summed E-state index contributed by atoms with van der Waals surface area (Å²) in [5.74, 6) is -0.207. The Bertz CT molecular complexity index is 685. The van der Waals surface area contributed by atoms with Gasteiger partial charge in [-0.05, 0) is 55.7 Å². The third-order valence-electron chi connectivity index (χ3n) is 4.59. The number of amides is 1. The molecular formula is C16H22N2O3S. The first-order valence-electron chi connectivity index (χ1n) is 7.85. The van der Waals surface area contributed by atoms with E-state index in [1.807, 2.05) is 12.1 Å². The summed E-state index contributed by atoms with van der Waals surface area (Å²) in [6, 6.07) is 5.42. The van der Waals surface area contributed by atoms with Crippen LogP contribution in [0, 0.1) is 0 Å². The molecule has 1 saturated heterocycles. The highest BCUT2D eigenvalue weighted by molar-refractivity contribution is 7.88. The van der Waals surface area contributed by atoms with Crippen LogP contribution < -0.4 is 5.32 Å². The van der Waals surface area contributed by atoms with E-state index in [1.165, 1.54) is 28.1 Å². The molecule has 0 radical (unpaired) electrons. The Hall–Kier alpha value is -1.40. The Labute approximate surface area is 131 Å². The van der Waals surface area contributed by atoms with Crippen molar-refractivity contribution in [2.45, 2.75) is 44.6 Å². The minimum atomic E-state index is -3.33. The second kappa shape index (κ2) is 6.01. The quantitative estimate of drug-likeness (QED) is 0.924. The van der Waals surface area contributed by atoms with Crippen LogP contribution in [-0.4, -0.2) is 37.5 Å². The molecule has 1 fully saturated rings. The maximum atomic E-state index is 12.5. The van der Waals surface area contributed by atoms with Gasteiger partial charge in [-0.3, -0.25) is 4.79 Å². The van der Waals surface area contributed by atoms with Crippen molar-refractivity contribution in [3.05, 3.63) is 29.3 Å². The van der Waals surface area contributed by atoms with Crippen LogP contribution in [0.4, 0.5) is 5.69 Å². The molecule has 2 aliphatic rings. The molecule has 1 N–H and O–H groups in total. The maximum Gasteiger partial charge on any atom is 0.242 e. The third kappa shape index (κ3) is 3.03. The van der Waals surface area contributed by atoms with Gasteiger partial charge in [0.15, 0.2) is 0 Å². The molecule has 1 aliphatic carbocycles. The van der Waals surface area contributed by atoms with Gasteiger partial charge in [0.05, 0.1) is 6.26 Å². The van der Waals surface area contributed by atoms with Gasteiger partial charge in [-0.1, -0.05) is 12.1 Å². The average molecular weight is 322 g/mol. The zero-order valence-electron chi connectivity index (χ0n) is 12.8. The van der Waals surface area contributed by atoms with E-state index in [0.717, 1.165) is 31.4 Å². The van der Waals surface area contributed by atoms with Gasteiger partial charge in [-0.2, -0.15) is 4.31 Å². The fourth-order valence-corrected chi connectivity index (χ4v) is 4.64. The SMILES string of the molecule is CS(=O)(=O)N1CCC[C@@H]1C(=O)Nc1cccc2c1CCCC2. The van der Waals surface area contributed by atoms with Crippen molar-refractivity contribution in [1.82, 2.24) is 4.31 Å². The highest BCUT2D eigenvalue weighted by Gasteiger charge is 2.36. The van der Waals surface area contributed by atoms with Crippen LogP contribution in [0.1, 0.15) is 36.8 Å². The Morgan fingerprint density at radius 3 is 2.77 bits per heavy atom. The Kier molecular flexibility index (Phi) is 4.23. The molecule has 120 valence electrons. The number of hydrogen-bond donors (Lipinski definition) is 1. The number of fused-ring (bicyclic) bond motifs is 1. The van der Waals surface area contributed by atoms with Crippen LogP contribution >= 0.6 is 0 Å². The Balaban J connectivity index is 1.80. The largest absolute Gasteiger partial charge is 0.324 e. The van der Waals surface area contributed by atoms with Gasteiger partial charge in [0.1, 0.15) is 6.04 Å². The van der Waals surface area contributed by atoms with E-state index in [9.17, 15) is 13.2 Å². The molecule has 1 atom stereocenters. The zero-order chi connectivity index (χ0) is 15.7. The van der Waals surface area contributed by atoms with Crippen molar-refractivity contribution in [1.29, 1.82) is 0 Å². The summed E-state index contributed by atoms with van der Waals surface area (Å²) in [6.45, 7) is 0.434. The molecule has 1 aromatic carbocycles. The molecule has 22 heavy (non-hydrogen) atoms. The normalized spacial score (nSPS) is 22.3. The number of carbonyl (C=O) groups is 1. The fraction of sp³-hybridized carbons (Fsp3) is 0.562. The van der Waals surface area contributed by atoms with Crippen LogP contribution in [-0.2, 0) is 27.7 Å². The molecule has 1 aromatic rings. The number of benzene rings is 1. The molecule has 1 heterocycles. The van der Waals surface area contributed by atoms with Gasteiger partial charge in [-0.15, -0.1) is 0 Å². The number of aryl methyl sites for hydroxylation is 1. The monoisotopic (exact) mass is 322 g/mol. The minimum Gasteiger partial charge on any atom is -0.324 e. The molecule has 6 heteroatoms. The van der Waals surface area contributed by atoms with Gasteiger partial charge >= 0.3 is 0 Å². The first kappa shape index (κ1) is 15.5. The van der Waals surface area contributed by atoms with E-state index >= 15 is 0 Å². The summed E-state index contributed by atoms with van der Waals surface area (Å²) in [6.07, 6.45) is 6.85. The molecule has 0 spiro atoms. The van der Waals surface area contributed by atoms with E-state index in [4.69, 9.17) is 0 Å². The molecule has 0 saturated carbocycles. The number of hydrogen-bond acceptors (Lipinski definition) is 3. The highest BCUT2D eigenvalue weighted by atomic mass is 32.2. The maximum absolute atomic E-state index is 12.5. The van der Waals surface area contributed by atoms with Crippen molar-refractivity contribution in [3.63, 3.8) is 0 Å². The lowest BCUT2D eigenvalue weighted by molar-refractivity contribution is -0.119. The fourth-order valence-electron chi connectivity index (χ4n) is 3.51. The minimum absolute atomic E-state index is 0.207. The molecule has 1 aliphatic heterocycles. The first-order chi connectivity index (χ1) is 10.5. The van der Waals surface area contributed by atoms with E-state index in [0.29, 0.717) is 13.0 Å². The Morgan fingerprint density at radius 1 is 1.23 bits per heavy atom. The lowest BCUT2D eigenvalue weighted by atomic mass is 9.90. The van der Waals surface area contributed by atoms with Crippen LogP contribution in [0.15, 0.2) is 18.2 Å². The number of sulfonamides is 1. The molecule has 1 amide bonds. The van der Waals surface area contributed by atoms with Crippen LogP contribution in [0.5, 0.6) is 0 Å². The lowest BCUT2D eigenvalue weighted by Gasteiger charge is -2.24. The standard InChI is InChI=1S/C16H22N2O3S/c1-22(20,21)18-11-5-10-15(18)16(19)17-14-9-4-7-12-6-2-3-8-13(12)14/h4,7,9,15H,2-3,5-6,8,10-11H2,1H3,(H,17,19)/t15-/m1/s1. The van der Waals surface area contributed by atoms with Gasteiger partial charge in [-0.25, -0.2) is 8.42 Å². The number of carbonyl (C=O) groups excluding carboxylic acids is 1. The van der Waals surface area contributed by atoms with Crippen LogP contribution in [0.25, 0.3) is 0 Å². The van der Waals surface area contributed by atoms with E-state index in [1.54, 1.807) is 0 Å². The average Bonchev–Trinajstić information content (AvgIpc) is 2.97. The van der Waals surface area contributed by atoms with Gasteiger partial charge in [0, 0.05) is 12.2 Å². The third-order valence-corrected chi connectivity index (χ3v) is 5.88. The van der Waals surface area contributed by atoms with E-state index < -0.39 is 16.1 Å². The summed E-state index contributed by atoms with van der Waals surface area (Å²) < 4.78 is 24.9. The topological polar surface area (TPSA) is 66.5 Å². The number of rotatable bonds is 3. The van der Waals surface area contributed by atoms with Gasteiger partial charge in [0.25, 0.3) is 0 Å². The molecule has 0 aromatic heterocycles. The summed E-state index contributed by atoms with van der Waals surface area (Å²) in [5.41, 5.74) is 3.36. The first-order valence-corrected chi connectivity index (χ1v) is 9.70. The summed E-state index contributed by atoms with van der Waals surface area (Å²) in [5, 5.41) is 2.97. The van der Waals surface area contributed by atoms with E-state index in [2.05, 4.69) is 11.4 Å². The molecule has 0 unspecified atom stereocenters. The van der Waals surface area contributed by atoms with Crippen molar-refractivity contribution < 1.29 is 13.2 Å². The van der Waals surface area contributed by atoms with Gasteiger partial charge < -0.3 is 5.32 Å². The molecular weight excluding hydrogens is 300 g/mol. The Morgan fingerprint density at radius 2 is 2.00 bits per heavy atom. The van der Waals surface area contributed by atoms with Gasteiger partial charge in [0.2, 0.25) is 15.9 Å². The van der Waals surface area contributed by atoms with Crippen molar-refractivity contribution >= 4 is 21.6 Å². The highest BCUT2D eigenvalue weighted by Crippen LogP contribution is 2.29. The lowest BCUT2D eigenvalue weighted by Crippen LogP contribution is -2.42. The number of nitrogens with zero attached hydrogens (tertiary/aromatic N) is 1. The van der Waals surface area contributed by atoms with Crippen LogP contribution in [0.2, 0.25) is 0 Å². The second-order valence-corrected chi connectivity index (χ2v) is 8.11. The molecule has 0 bridgehead atoms. The predicted molar refractivity (Wildman–Crippen MR) is 86.3 cm³/mol. The summed E-state index contributed by atoms with van der Waals surface area (Å²) >= 11 is 0. The number of anilines is 1. The smallest absolute Gasteiger partial charge is 0.242 e. The van der Waals surface area contributed by atoms with Crippen LogP contribution in [0.3, 0.4) is 0 Å². The number of nitrogens with one attached hydrogen (secondary N) is 1.